The quantitative estimate of drug-likeness (QED) is 0.829. The van der Waals surface area contributed by atoms with Crippen molar-refractivity contribution in [1.29, 1.82) is 0 Å². The Kier molecular flexibility index (Phi) is 2.49. The molecule has 0 amide bonds. The van der Waals surface area contributed by atoms with Crippen molar-refractivity contribution < 1.29 is 18.7 Å². The molecule has 14 heavy (non-hydrogen) atoms. The maximum absolute atomic E-state index is 13.1. The predicted octanol–water partition coefficient (Wildman–Crippen LogP) is 1.56. The van der Waals surface area contributed by atoms with Crippen LogP contribution in [0.15, 0.2) is 0 Å². The van der Waals surface area contributed by atoms with Crippen molar-refractivity contribution in [2.45, 2.75) is 12.8 Å². The number of hydrogen-bond acceptors (Lipinski definition) is 2. The molecule has 0 saturated carbocycles. The number of halogens is 3. The third kappa shape index (κ3) is 1.45. The van der Waals surface area contributed by atoms with Gasteiger partial charge in [-0.2, -0.15) is 13.9 Å². The SMILES string of the molecule is Cc1nn(C)c(Cl)c1C(F)(F)C(=O)O. The lowest BCUT2D eigenvalue weighted by Gasteiger charge is -2.10. The molecule has 0 bridgehead atoms. The van der Waals surface area contributed by atoms with E-state index in [9.17, 15) is 13.6 Å². The van der Waals surface area contributed by atoms with E-state index in [-0.39, 0.29) is 10.8 Å². The minimum atomic E-state index is -4.00. The van der Waals surface area contributed by atoms with Crippen molar-refractivity contribution in [2.24, 2.45) is 7.05 Å². The second kappa shape index (κ2) is 3.20. The average molecular weight is 225 g/mol. The lowest BCUT2D eigenvalue weighted by atomic mass is 10.1. The normalized spacial score (nSPS) is 11.8. The van der Waals surface area contributed by atoms with Gasteiger partial charge < -0.3 is 5.11 Å². The maximum Gasteiger partial charge on any atom is 0.379 e. The molecule has 0 aliphatic carbocycles. The summed E-state index contributed by atoms with van der Waals surface area (Å²) < 4.78 is 27.2. The lowest BCUT2D eigenvalue weighted by molar-refractivity contribution is -0.166. The van der Waals surface area contributed by atoms with E-state index in [2.05, 4.69) is 5.10 Å². The van der Waals surface area contributed by atoms with Crippen LogP contribution in [0.4, 0.5) is 8.78 Å². The first kappa shape index (κ1) is 10.9. The van der Waals surface area contributed by atoms with Crippen molar-refractivity contribution in [1.82, 2.24) is 9.78 Å². The van der Waals surface area contributed by atoms with Gasteiger partial charge in [0, 0.05) is 7.05 Å². The second-order valence-corrected chi connectivity index (χ2v) is 3.11. The largest absolute Gasteiger partial charge is 0.477 e. The van der Waals surface area contributed by atoms with Crippen LogP contribution in [-0.2, 0) is 17.8 Å². The van der Waals surface area contributed by atoms with Crippen molar-refractivity contribution in [3.8, 4) is 0 Å². The van der Waals surface area contributed by atoms with Crippen molar-refractivity contribution in [2.75, 3.05) is 0 Å². The van der Waals surface area contributed by atoms with E-state index in [0.717, 1.165) is 4.68 Å². The van der Waals surface area contributed by atoms with Gasteiger partial charge >= 0.3 is 11.9 Å². The van der Waals surface area contributed by atoms with Gasteiger partial charge in [-0.05, 0) is 6.92 Å². The highest BCUT2D eigenvalue weighted by atomic mass is 35.5. The zero-order valence-corrected chi connectivity index (χ0v) is 8.14. The van der Waals surface area contributed by atoms with E-state index in [0.29, 0.717) is 0 Å². The molecule has 0 unspecified atom stereocenters. The van der Waals surface area contributed by atoms with Crippen molar-refractivity contribution in [3.05, 3.63) is 16.4 Å². The highest BCUT2D eigenvalue weighted by Gasteiger charge is 2.46. The van der Waals surface area contributed by atoms with Gasteiger partial charge in [-0.3, -0.25) is 4.68 Å². The molecule has 0 aliphatic rings. The van der Waals surface area contributed by atoms with Gasteiger partial charge in [0.1, 0.15) is 5.15 Å². The Morgan fingerprint density at radius 3 is 2.43 bits per heavy atom. The molecule has 0 fully saturated rings. The Bertz CT molecular complexity index is 389. The number of alkyl halides is 2. The summed E-state index contributed by atoms with van der Waals surface area (Å²) in [6.45, 7) is 1.28. The fourth-order valence-corrected chi connectivity index (χ4v) is 1.39. The number of aromatic nitrogens is 2. The minimum Gasteiger partial charge on any atom is -0.477 e. The van der Waals surface area contributed by atoms with Crippen LogP contribution in [0.5, 0.6) is 0 Å². The molecule has 1 N–H and O–H groups in total. The predicted molar refractivity (Wildman–Crippen MR) is 44.5 cm³/mol. The van der Waals surface area contributed by atoms with E-state index in [1.165, 1.54) is 14.0 Å². The van der Waals surface area contributed by atoms with E-state index < -0.39 is 17.5 Å². The number of carboxylic acids is 1. The molecule has 1 heterocycles. The van der Waals surface area contributed by atoms with Gasteiger partial charge in [0.05, 0.1) is 11.3 Å². The van der Waals surface area contributed by atoms with Gasteiger partial charge in [-0.25, -0.2) is 4.79 Å². The molecule has 1 aromatic rings. The fraction of sp³-hybridized carbons (Fsp3) is 0.429. The molecule has 0 aromatic carbocycles. The zero-order chi connectivity index (χ0) is 11.1. The van der Waals surface area contributed by atoms with Gasteiger partial charge in [-0.1, -0.05) is 11.6 Å². The third-order valence-electron chi connectivity index (χ3n) is 1.73. The number of nitrogens with zero attached hydrogens (tertiary/aromatic N) is 2. The molecule has 4 nitrogen and oxygen atoms in total. The molecule has 0 saturated heterocycles. The third-order valence-corrected chi connectivity index (χ3v) is 2.17. The summed E-state index contributed by atoms with van der Waals surface area (Å²) in [6, 6.07) is 0. The Morgan fingerprint density at radius 2 is 2.14 bits per heavy atom. The van der Waals surface area contributed by atoms with E-state index in [1.807, 2.05) is 0 Å². The van der Waals surface area contributed by atoms with Crippen LogP contribution in [0.3, 0.4) is 0 Å². The molecule has 1 aromatic heterocycles. The Labute approximate surface area is 83.1 Å². The second-order valence-electron chi connectivity index (χ2n) is 2.75. The summed E-state index contributed by atoms with van der Waals surface area (Å²) in [5.74, 6) is -6.24. The number of carboxylic acid groups (broad SMARTS) is 1. The zero-order valence-electron chi connectivity index (χ0n) is 7.38. The summed E-state index contributed by atoms with van der Waals surface area (Å²) >= 11 is 5.50. The van der Waals surface area contributed by atoms with Crippen LogP contribution in [0.1, 0.15) is 11.3 Å². The Balaban J connectivity index is 3.38. The number of rotatable bonds is 2. The molecule has 78 valence electrons. The van der Waals surface area contributed by atoms with Crippen LogP contribution in [0.25, 0.3) is 0 Å². The number of carbonyl (C=O) groups is 1. The highest BCUT2D eigenvalue weighted by molar-refractivity contribution is 6.30. The van der Waals surface area contributed by atoms with Gasteiger partial charge in [0.25, 0.3) is 0 Å². The van der Waals surface area contributed by atoms with Gasteiger partial charge in [0.15, 0.2) is 0 Å². The lowest BCUT2D eigenvalue weighted by Crippen LogP contribution is -2.26. The molecule has 0 aliphatic heterocycles. The topological polar surface area (TPSA) is 55.1 Å². The Hall–Kier alpha value is -1.17. The molecule has 0 radical (unpaired) electrons. The average Bonchev–Trinajstić information content (AvgIpc) is 2.26. The van der Waals surface area contributed by atoms with Crippen molar-refractivity contribution in [3.63, 3.8) is 0 Å². The molecule has 7 heteroatoms. The van der Waals surface area contributed by atoms with E-state index in [1.54, 1.807) is 0 Å². The molecule has 0 spiro atoms. The number of aliphatic carboxylic acids is 1. The number of hydrogen-bond donors (Lipinski definition) is 1. The highest BCUT2D eigenvalue weighted by Crippen LogP contribution is 2.35. The first-order valence-corrected chi connectivity index (χ1v) is 3.97. The van der Waals surface area contributed by atoms with Gasteiger partial charge in [-0.15, -0.1) is 0 Å². The van der Waals surface area contributed by atoms with Crippen LogP contribution in [-0.4, -0.2) is 20.9 Å². The maximum atomic E-state index is 13.1. The minimum absolute atomic E-state index is 0.0927. The summed E-state index contributed by atoms with van der Waals surface area (Å²) in [7, 11) is 1.36. The fourth-order valence-electron chi connectivity index (χ4n) is 1.09. The molecular formula is C7H7ClF2N2O2. The summed E-state index contributed by atoms with van der Waals surface area (Å²) in [4.78, 5) is 10.3. The van der Waals surface area contributed by atoms with Gasteiger partial charge in [0.2, 0.25) is 0 Å². The number of aryl methyl sites for hydroxylation is 2. The van der Waals surface area contributed by atoms with Crippen LogP contribution < -0.4 is 0 Å². The van der Waals surface area contributed by atoms with Crippen LogP contribution >= 0.6 is 11.6 Å². The standard InChI is InChI=1S/C7H7ClF2N2O2/c1-3-4(5(8)12(2)11-3)7(9,10)6(13)14/h1-2H3,(H,13,14). The summed E-state index contributed by atoms with van der Waals surface area (Å²) in [5.41, 5.74) is -0.848. The summed E-state index contributed by atoms with van der Waals surface area (Å²) in [5, 5.41) is 11.5. The van der Waals surface area contributed by atoms with Crippen LogP contribution in [0, 0.1) is 6.92 Å². The first-order valence-electron chi connectivity index (χ1n) is 3.59. The molecule has 1 rings (SSSR count). The summed E-state index contributed by atoms with van der Waals surface area (Å²) in [6.07, 6.45) is 0. The van der Waals surface area contributed by atoms with Crippen LogP contribution in [0.2, 0.25) is 5.15 Å². The first-order chi connectivity index (χ1) is 6.28. The Morgan fingerprint density at radius 1 is 1.64 bits per heavy atom. The molecular weight excluding hydrogens is 218 g/mol. The smallest absolute Gasteiger partial charge is 0.379 e. The van der Waals surface area contributed by atoms with E-state index in [4.69, 9.17) is 16.7 Å². The van der Waals surface area contributed by atoms with E-state index >= 15 is 0 Å². The monoisotopic (exact) mass is 224 g/mol. The molecule has 0 atom stereocenters. The van der Waals surface area contributed by atoms with Crippen molar-refractivity contribution >= 4 is 17.6 Å².